The molecule has 0 bridgehead atoms. The fourth-order valence-electron chi connectivity index (χ4n) is 18.9. The van der Waals surface area contributed by atoms with Crippen LogP contribution < -0.4 is 0 Å². The summed E-state index contributed by atoms with van der Waals surface area (Å²) in [5.41, 5.74) is 38.3. The molecule has 0 aliphatic heterocycles. The fraction of sp³-hybridized carbons (Fsp3) is 0.0826. The van der Waals surface area contributed by atoms with Crippen LogP contribution >= 0.6 is 0 Å². The second-order valence-electron chi connectivity index (χ2n) is 32.5. The molecule has 0 atom stereocenters. The van der Waals surface area contributed by atoms with Crippen molar-refractivity contribution in [3.05, 3.63) is 404 Å². The molecule has 0 radical (unpaired) electrons. The Hall–Kier alpha value is -14.8. The molecule has 3 aliphatic rings. The SMILES string of the molecule is CC1(C)c2ccccc2-c2nc3ccccc3c(-c3ccc(-c4cc(-c5ccccn5)nc(-c5ccccn5)c4)cc3)c21.CC1(C)c2ccccc2-c2nc3ccccc3c(-c3ccc(-c4ccc(-c5ccccn5)cc4)cc3)c21.CC1(C)c2ccccc2-c2nc3ccccc3c(-c3ccc(-n4c5ccccc5c5cccnc54)cc3)c21. The third kappa shape index (κ3) is 11.8. The second kappa shape index (κ2) is 28.3. The Balaban J connectivity index is 0.000000110. The zero-order chi connectivity index (χ0) is 79.4. The summed E-state index contributed by atoms with van der Waals surface area (Å²) in [5, 5.41) is 5.96. The Morgan fingerprint density at radius 3 is 0.966 bits per heavy atom. The Labute approximate surface area is 685 Å². The molecule has 0 saturated heterocycles. The molecule has 0 N–H and O–H groups in total. The Kier molecular flexibility index (Phi) is 17.1. The first-order chi connectivity index (χ1) is 57.8. The molecule has 9 heteroatoms. The molecule has 9 heterocycles. The van der Waals surface area contributed by atoms with Crippen LogP contribution in [0.1, 0.15) is 74.9 Å². The van der Waals surface area contributed by atoms with Gasteiger partial charge in [0.25, 0.3) is 0 Å². The van der Waals surface area contributed by atoms with Crippen LogP contribution in [0.25, 0.3) is 184 Å². The predicted octanol–water partition coefficient (Wildman–Crippen LogP) is 27.0. The van der Waals surface area contributed by atoms with Crippen LogP contribution in [0.15, 0.2) is 371 Å². The lowest BCUT2D eigenvalue weighted by Gasteiger charge is -2.25. The zero-order valence-corrected chi connectivity index (χ0v) is 66.2. The molecular weight excluding hydrogens is 1440 g/mol. The van der Waals surface area contributed by atoms with E-state index < -0.39 is 0 Å². The lowest BCUT2D eigenvalue weighted by molar-refractivity contribution is 0.661. The topological polar surface area (TPSA) is 108 Å². The number of pyridine rings is 8. The van der Waals surface area contributed by atoms with E-state index in [0.29, 0.717) is 0 Å². The van der Waals surface area contributed by atoms with Gasteiger partial charge in [-0.3, -0.25) is 19.5 Å². The maximum atomic E-state index is 5.20. The number of benzene rings is 11. The molecule has 23 rings (SSSR count). The monoisotopic (exact) mass is 1510 g/mol. The highest BCUT2D eigenvalue weighted by Crippen LogP contribution is 2.57. The summed E-state index contributed by atoms with van der Waals surface area (Å²) in [6.45, 7) is 14.0. The van der Waals surface area contributed by atoms with Crippen LogP contribution in [0.3, 0.4) is 0 Å². The van der Waals surface area contributed by atoms with Crippen molar-refractivity contribution in [1.29, 1.82) is 0 Å². The Morgan fingerprint density at radius 2 is 0.551 bits per heavy atom. The molecule has 20 aromatic rings. The highest BCUT2D eigenvalue weighted by Gasteiger charge is 2.43. The van der Waals surface area contributed by atoms with Gasteiger partial charge in [0.2, 0.25) is 0 Å². The molecule has 0 unspecified atom stereocenters. The van der Waals surface area contributed by atoms with Gasteiger partial charge in [-0.25, -0.2) is 24.9 Å². The first-order valence-electron chi connectivity index (χ1n) is 40.4. The molecular formula is C109H79N9. The lowest BCUT2D eigenvalue weighted by Crippen LogP contribution is -2.16. The van der Waals surface area contributed by atoms with E-state index >= 15 is 0 Å². The van der Waals surface area contributed by atoms with Gasteiger partial charge in [0.05, 0.1) is 67.6 Å². The standard InChI is InChI=1S/C39H28N4.C35H25N3.C35H26N2/c1-39(2)30-13-5-3-11-28(30)38-37(39)36(29-12-4-6-14-31(29)43-38)26-19-17-25(18-20-26)27-23-34(32-15-7-9-21-40-32)42-35(24-27)33-16-8-10-22-41-33;1-35(2)28-14-6-3-11-26(28)33-32(35)31(27-12-4-7-15-29(27)37-33)22-17-19-23(20-18-22)38-30-16-8-5-10-24(30)25-13-9-21-36-34(25)38;1-35(2)29-11-5-3-9-27(29)34-33(35)32(28-10-4-6-13-31(28)37-34)26-20-16-24(17-21-26)23-14-18-25(19-15-23)30-12-7-8-22-36-30/h3-24H,1-2H3;3-21H,1-2H3;3-22H,1-2H3. The normalized spacial score (nSPS) is 13.4. The molecule has 118 heavy (non-hydrogen) atoms. The summed E-state index contributed by atoms with van der Waals surface area (Å²) < 4.78 is 2.27. The van der Waals surface area contributed by atoms with E-state index in [-0.39, 0.29) is 16.2 Å². The van der Waals surface area contributed by atoms with Crippen molar-refractivity contribution in [2.24, 2.45) is 0 Å². The molecule has 0 spiro atoms. The van der Waals surface area contributed by atoms with Gasteiger partial charge in [-0.15, -0.1) is 0 Å². The van der Waals surface area contributed by atoms with Crippen molar-refractivity contribution in [2.45, 2.75) is 57.8 Å². The van der Waals surface area contributed by atoms with Gasteiger partial charge in [0.15, 0.2) is 0 Å². The summed E-state index contributed by atoms with van der Waals surface area (Å²) in [7, 11) is 0. The third-order valence-electron chi connectivity index (χ3n) is 24.5. The third-order valence-corrected chi connectivity index (χ3v) is 24.5. The smallest absolute Gasteiger partial charge is 0.145 e. The predicted molar refractivity (Wildman–Crippen MR) is 485 cm³/mol. The van der Waals surface area contributed by atoms with Crippen LogP contribution in [0.2, 0.25) is 0 Å². The van der Waals surface area contributed by atoms with Gasteiger partial charge in [-0.2, -0.15) is 0 Å². The maximum absolute atomic E-state index is 5.20. The van der Waals surface area contributed by atoms with Crippen molar-refractivity contribution in [2.75, 3.05) is 0 Å². The van der Waals surface area contributed by atoms with E-state index in [9.17, 15) is 0 Å². The van der Waals surface area contributed by atoms with Gasteiger partial charge in [-0.1, -0.05) is 290 Å². The number of rotatable bonds is 9. The zero-order valence-electron chi connectivity index (χ0n) is 66.2. The van der Waals surface area contributed by atoms with Crippen molar-refractivity contribution in [3.63, 3.8) is 0 Å². The largest absolute Gasteiger partial charge is 0.294 e. The van der Waals surface area contributed by atoms with Gasteiger partial charge >= 0.3 is 0 Å². The Morgan fingerprint density at radius 1 is 0.229 bits per heavy atom. The first-order valence-corrected chi connectivity index (χ1v) is 40.4. The molecule has 3 aliphatic carbocycles. The summed E-state index contributed by atoms with van der Waals surface area (Å²) >= 11 is 0. The summed E-state index contributed by atoms with van der Waals surface area (Å²) in [5.74, 6) is 0. The van der Waals surface area contributed by atoms with Gasteiger partial charge in [-0.05, 0) is 186 Å². The molecule has 9 nitrogen and oxygen atoms in total. The van der Waals surface area contributed by atoms with E-state index in [0.717, 1.165) is 90.1 Å². The average Bonchev–Trinajstić information content (AvgIpc) is 1.56. The molecule has 0 amide bonds. The summed E-state index contributed by atoms with van der Waals surface area (Å²) in [4.78, 5) is 38.9. The highest BCUT2D eigenvalue weighted by molar-refractivity contribution is 6.09. The van der Waals surface area contributed by atoms with E-state index in [1.165, 1.54) is 127 Å². The van der Waals surface area contributed by atoms with E-state index in [1.807, 2.05) is 73.1 Å². The molecule has 560 valence electrons. The molecule has 9 aromatic heterocycles. The number of aromatic nitrogens is 9. The highest BCUT2D eigenvalue weighted by atomic mass is 15.0. The fourth-order valence-corrected chi connectivity index (χ4v) is 18.9. The number of hydrogen-bond donors (Lipinski definition) is 0. The maximum Gasteiger partial charge on any atom is 0.145 e. The second-order valence-corrected chi connectivity index (χ2v) is 32.5. The van der Waals surface area contributed by atoms with Crippen molar-refractivity contribution < 1.29 is 0 Å². The number of nitrogens with zero attached hydrogens (tertiary/aromatic N) is 9. The van der Waals surface area contributed by atoms with E-state index in [2.05, 4.69) is 346 Å². The molecule has 11 aromatic carbocycles. The van der Waals surface area contributed by atoms with Crippen LogP contribution in [0.4, 0.5) is 0 Å². The van der Waals surface area contributed by atoms with Crippen molar-refractivity contribution in [1.82, 2.24) is 44.4 Å². The number of fused-ring (bicyclic) bond motifs is 15. The van der Waals surface area contributed by atoms with Crippen LogP contribution in [0.5, 0.6) is 0 Å². The van der Waals surface area contributed by atoms with Crippen LogP contribution in [0, 0.1) is 0 Å². The van der Waals surface area contributed by atoms with Gasteiger partial charge in [0, 0.05) is 95.9 Å². The van der Waals surface area contributed by atoms with E-state index in [4.69, 9.17) is 24.9 Å². The molecule has 0 saturated carbocycles. The summed E-state index contributed by atoms with van der Waals surface area (Å²) in [6, 6.07) is 122. The lowest BCUT2D eigenvalue weighted by atomic mass is 9.78. The van der Waals surface area contributed by atoms with Gasteiger partial charge < -0.3 is 0 Å². The average molecular weight is 1510 g/mol. The minimum Gasteiger partial charge on any atom is -0.294 e. The number of hydrogen-bond acceptors (Lipinski definition) is 8. The Bertz CT molecular complexity index is 7230. The van der Waals surface area contributed by atoms with Crippen molar-refractivity contribution >= 4 is 54.6 Å². The van der Waals surface area contributed by atoms with Crippen LogP contribution in [-0.4, -0.2) is 44.4 Å². The minimum atomic E-state index is -0.169. The summed E-state index contributed by atoms with van der Waals surface area (Å²) in [6.07, 6.45) is 7.31. The van der Waals surface area contributed by atoms with Crippen molar-refractivity contribution in [3.8, 4) is 129 Å². The van der Waals surface area contributed by atoms with Crippen LogP contribution in [-0.2, 0) is 16.2 Å². The first kappa shape index (κ1) is 71.0. The van der Waals surface area contributed by atoms with E-state index in [1.54, 1.807) is 12.4 Å². The van der Waals surface area contributed by atoms with Gasteiger partial charge in [0.1, 0.15) is 5.65 Å². The molecule has 0 fully saturated rings. The quantitative estimate of drug-likeness (QED) is 0.141. The minimum absolute atomic E-state index is 0.127. The number of para-hydroxylation sites is 4.